The van der Waals surface area contributed by atoms with Crippen molar-refractivity contribution in [2.75, 3.05) is 31.5 Å². The van der Waals surface area contributed by atoms with Crippen LogP contribution < -0.4 is 10.6 Å². The van der Waals surface area contributed by atoms with E-state index in [2.05, 4.69) is 33.7 Å². The van der Waals surface area contributed by atoms with Gasteiger partial charge in [-0.05, 0) is 107 Å². The monoisotopic (exact) mass is 481 g/mol. The van der Waals surface area contributed by atoms with Crippen LogP contribution in [0, 0.1) is 5.92 Å². The van der Waals surface area contributed by atoms with Gasteiger partial charge in [0, 0.05) is 23.2 Å². The highest BCUT2D eigenvalue weighted by molar-refractivity contribution is 6.30. The molecule has 0 spiro atoms. The Balaban J connectivity index is 1.17. The van der Waals surface area contributed by atoms with E-state index in [1.54, 1.807) is 0 Å². The van der Waals surface area contributed by atoms with Crippen LogP contribution >= 0.6 is 11.6 Å². The van der Waals surface area contributed by atoms with Crippen LogP contribution in [0.2, 0.25) is 5.02 Å². The predicted octanol–water partition coefficient (Wildman–Crippen LogP) is 5.35. The molecular formula is C28H36ClN3O2. The molecule has 5 nitrogen and oxygen atoms in total. The summed E-state index contributed by atoms with van der Waals surface area (Å²) in [5.41, 5.74) is 2.63. The summed E-state index contributed by atoms with van der Waals surface area (Å²) in [6.45, 7) is 7.69. The van der Waals surface area contributed by atoms with Crippen molar-refractivity contribution in [3.63, 3.8) is 0 Å². The highest BCUT2D eigenvalue weighted by atomic mass is 35.5. The Kier molecular flexibility index (Phi) is 7.95. The van der Waals surface area contributed by atoms with Gasteiger partial charge in [-0.3, -0.25) is 9.59 Å². The quantitative estimate of drug-likeness (QED) is 0.474. The first-order valence-electron chi connectivity index (χ1n) is 12.5. The van der Waals surface area contributed by atoms with Gasteiger partial charge in [-0.25, -0.2) is 0 Å². The number of carbonyl (C=O) groups excluding carboxylic acids is 2. The summed E-state index contributed by atoms with van der Waals surface area (Å²) in [6, 6.07) is 15.9. The molecule has 0 atom stereocenters. The highest BCUT2D eigenvalue weighted by Gasteiger charge is 2.30. The van der Waals surface area contributed by atoms with E-state index in [1.807, 2.05) is 44.2 Å². The lowest BCUT2D eigenvalue weighted by molar-refractivity contribution is -0.125. The molecule has 182 valence electrons. The summed E-state index contributed by atoms with van der Waals surface area (Å²) >= 11 is 5.98. The normalized spacial score (nSPS) is 17.4. The summed E-state index contributed by atoms with van der Waals surface area (Å²) < 4.78 is 0. The maximum Gasteiger partial charge on any atom is 0.230 e. The van der Waals surface area contributed by atoms with Crippen molar-refractivity contribution >= 4 is 29.1 Å². The fourth-order valence-corrected chi connectivity index (χ4v) is 4.80. The van der Waals surface area contributed by atoms with Crippen LogP contribution in [0.25, 0.3) is 0 Å². The summed E-state index contributed by atoms with van der Waals surface area (Å²) in [7, 11) is 0. The highest BCUT2D eigenvalue weighted by Crippen LogP contribution is 2.32. The zero-order valence-electron chi connectivity index (χ0n) is 20.3. The van der Waals surface area contributed by atoms with Crippen LogP contribution in [0.1, 0.15) is 63.0 Å². The first-order valence-corrected chi connectivity index (χ1v) is 12.9. The van der Waals surface area contributed by atoms with Gasteiger partial charge in [-0.2, -0.15) is 0 Å². The molecule has 0 bridgehead atoms. The van der Waals surface area contributed by atoms with Gasteiger partial charge in [0.15, 0.2) is 0 Å². The smallest absolute Gasteiger partial charge is 0.230 e. The van der Waals surface area contributed by atoms with Crippen molar-refractivity contribution in [3.05, 3.63) is 64.7 Å². The molecule has 6 heteroatoms. The van der Waals surface area contributed by atoms with Crippen molar-refractivity contribution in [1.29, 1.82) is 0 Å². The van der Waals surface area contributed by atoms with Crippen LogP contribution in [-0.2, 0) is 15.0 Å². The van der Waals surface area contributed by atoms with E-state index in [1.165, 1.54) is 5.56 Å². The molecule has 1 aliphatic carbocycles. The number of likely N-dealkylation sites (tertiary alicyclic amines) is 1. The molecule has 1 saturated carbocycles. The molecule has 2 aromatic carbocycles. The molecule has 1 saturated heterocycles. The number of hydrogen-bond acceptors (Lipinski definition) is 3. The summed E-state index contributed by atoms with van der Waals surface area (Å²) in [4.78, 5) is 27.3. The second-order valence-electron chi connectivity index (χ2n) is 10.2. The van der Waals surface area contributed by atoms with Crippen molar-refractivity contribution in [2.45, 2.75) is 57.3 Å². The first kappa shape index (κ1) is 24.7. The average molecular weight is 482 g/mol. The number of anilines is 1. The van der Waals surface area contributed by atoms with E-state index < -0.39 is 5.41 Å². The Morgan fingerprint density at radius 3 is 2.41 bits per heavy atom. The molecule has 2 fully saturated rings. The molecule has 2 aliphatic rings. The van der Waals surface area contributed by atoms with Gasteiger partial charge in [0.25, 0.3) is 0 Å². The van der Waals surface area contributed by atoms with E-state index >= 15 is 0 Å². The van der Waals surface area contributed by atoms with E-state index in [4.69, 9.17) is 11.6 Å². The largest absolute Gasteiger partial charge is 0.355 e. The zero-order valence-corrected chi connectivity index (χ0v) is 21.0. The Morgan fingerprint density at radius 1 is 1.03 bits per heavy atom. The van der Waals surface area contributed by atoms with Crippen LogP contribution in [0.15, 0.2) is 48.5 Å². The minimum Gasteiger partial charge on any atom is -0.355 e. The SMILES string of the molecule is CC(C)(C(=O)NCCCN1CCC(c2cccc(NC(=O)C3CC3)c2)CC1)c1ccc(Cl)cc1. The van der Waals surface area contributed by atoms with Gasteiger partial charge >= 0.3 is 0 Å². The lowest BCUT2D eigenvalue weighted by Crippen LogP contribution is -2.41. The minimum absolute atomic E-state index is 0.0437. The van der Waals surface area contributed by atoms with Gasteiger partial charge in [-0.1, -0.05) is 35.9 Å². The number of nitrogens with zero attached hydrogens (tertiary/aromatic N) is 1. The van der Waals surface area contributed by atoms with Gasteiger partial charge in [0.2, 0.25) is 11.8 Å². The molecular weight excluding hydrogens is 446 g/mol. The number of nitrogens with one attached hydrogen (secondary N) is 2. The van der Waals surface area contributed by atoms with Crippen LogP contribution in [-0.4, -0.2) is 42.9 Å². The van der Waals surface area contributed by atoms with Gasteiger partial charge in [0.05, 0.1) is 5.41 Å². The average Bonchev–Trinajstić information content (AvgIpc) is 3.68. The molecule has 0 unspecified atom stereocenters. The van der Waals surface area contributed by atoms with Gasteiger partial charge in [0.1, 0.15) is 0 Å². The van der Waals surface area contributed by atoms with E-state index in [-0.39, 0.29) is 17.7 Å². The molecule has 2 aromatic rings. The molecule has 34 heavy (non-hydrogen) atoms. The standard InChI is InChI=1S/C28H36ClN3O2/c1-28(2,23-9-11-24(29)12-10-23)27(34)30-15-4-16-32-17-13-20(14-18-32)22-5-3-6-25(19-22)31-26(33)21-7-8-21/h3,5-6,9-12,19-21H,4,7-8,13-18H2,1-2H3,(H,30,34)(H,31,33). The number of halogens is 1. The number of rotatable bonds is 9. The van der Waals surface area contributed by atoms with E-state index in [9.17, 15) is 9.59 Å². The number of amides is 2. The van der Waals surface area contributed by atoms with Crippen LogP contribution in [0.3, 0.4) is 0 Å². The molecule has 0 aromatic heterocycles. The van der Waals surface area contributed by atoms with E-state index in [0.717, 1.165) is 63.0 Å². The van der Waals surface area contributed by atoms with E-state index in [0.29, 0.717) is 17.5 Å². The molecule has 1 aliphatic heterocycles. The fourth-order valence-electron chi connectivity index (χ4n) is 4.67. The Hall–Kier alpha value is -2.37. The third-order valence-corrected chi connectivity index (χ3v) is 7.48. The van der Waals surface area contributed by atoms with Crippen molar-refractivity contribution in [1.82, 2.24) is 10.2 Å². The minimum atomic E-state index is -0.588. The molecule has 0 radical (unpaired) electrons. The maximum atomic E-state index is 12.8. The van der Waals surface area contributed by atoms with Crippen LogP contribution in [0.4, 0.5) is 5.69 Å². The van der Waals surface area contributed by atoms with Crippen LogP contribution in [0.5, 0.6) is 0 Å². The first-order chi connectivity index (χ1) is 16.3. The van der Waals surface area contributed by atoms with Crippen molar-refractivity contribution < 1.29 is 9.59 Å². The van der Waals surface area contributed by atoms with Crippen molar-refractivity contribution in [3.8, 4) is 0 Å². The zero-order chi connectivity index (χ0) is 24.1. The number of piperidine rings is 1. The molecule has 2 N–H and O–H groups in total. The van der Waals surface area contributed by atoms with Gasteiger partial charge < -0.3 is 15.5 Å². The third-order valence-electron chi connectivity index (χ3n) is 7.23. The summed E-state index contributed by atoms with van der Waals surface area (Å²) in [5, 5.41) is 6.86. The lowest BCUT2D eigenvalue weighted by atomic mass is 9.84. The second-order valence-corrected chi connectivity index (χ2v) is 10.7. The summed E-state index contributed by atoms with van der Waals surface area (Å²) in [5.74, 6) is 0.965. The molecule has 2 amide bonds. The molecule has 4 rings (SSSR count). The third kappa shape index (κ3) is 6.39. The number of hydrogen-bond donors (Lipinski definition) is 2. The predicted molar refractivity (Wildman–Crippen MR) is 138 cm³/mol. The topological polar surface area (TPSA) is 61.4 Å². The Labute approximate surface area is 208 Å². The number of carbonyl (C=O) groups is 2. The maximum absolute atomic E-state index is 12.8. The molecule has 1 heterocycles. The Morgan fingerprint density at radius 2 is 1.74 bits per heavy atom. The Bertz CT molecular complexity index is 993. The van der Waals surface area contributed by atoms with Crippen molar-refractivity contribution in [2.24, 2.45) is 5.92 Å². The fraction of sp³-hybridized carbons (Fsp3) is 0.500. The second kappa shape index (κ2) is 10.9. The summed E-state index contributed by atoms with van der Waals surface area (Å²) in [6.07, 6.45) is 5.23. The van der Waals surface area contributed by atoms with Gasteiger partial charge in [-0.15, -0.1) is 0 Å². The lowest BCUT2D eigenvalue weighted by Gasteiger charge is -2.32. The number of benzene rings is 2.